The molecule has 5 heteroatoms. The minimum Gasteiger partial charge on any atom is -0.304 e. The van der Waals surface area contributed by atoms with Crippen LogP contribution in [0.15, 0.2) is 0 Å². The fourth-order valence-electron chi connectivity index (χ4n) is 3.13. The number of nitrogens with zero attached hydrogens (tertiary/aromatic N) is 2. The second kappa shape index (κ2) is 7.34. The van der Waals surface area contributed by atoms with Crippen molar-refractivity contribution < 1.29 is 0 Å². The van der Waals surface area contributed by atoms with Crippen LogP contribution in [0.5, 0.6) is 0 Å². The SMILES string of the molecule is CCc1nn(CC)c(CNC2(CCl)CCC(C)CC2)c1Cl. The molecule has 0 radical (unpaired) electrons. The zero-order valence-corrected chi connectivity index (χ0v) is 14.9. The molecule has 1 saturated carbocycles. The molecule has 1 aliphatic rings. The molecular weight excluding hydrogens is 305 g/mol. The van der Waals surface area contributed by atoms with Crippen LogP contribution in [0.25, 0.3) is 0 Å². The van der Waals surface area contributed by atoms with Crippen molar-refractivity contribution in [3.8, 4) is 0 Å². The van der Waals surface area contributed by atoms with Crippen molar-refractivity contribution in [2.45, 2.75) is 71.5 Å². The summed E-state index contributed by atoms with van der Waals surface area (Å²) in [5.41, 5.74) is 2.15. The Morgan fingerprint density at radius 3 is 2.52 bits per heavy atom. The molecule has 0 bridgehead atoms. The van der Waals surface area contributed by atoms with Crippen molar-refractivity contribution in [1.82, 2.24) is 15.1 Å². The van der Waals surface area contributed by atoms with Crippen molar-refractivity contribution in [1.29, 1.82) is 0 Å². The quantitative estimate of drug-likeness (QED) is 0.783. The van der Waals surface area contributed by atoms with Crippen molar-refractivity contribution in [2.75, 3.05) is 5.88 Å². The summed E-state index contributed by atoms with van der Waals surface area (Å²) in [5.74, 6) is 1.48. The second-order valence-electron chi connectivity index (χ2n) is 6.33. The minimum atomic E-state index is 0.0621. The standard InChI is InChI=1S/C16H27Cl2N3/c1-4-13-15(18)14(21(5-2)20-13)10-19-16(11-17)8-6-12(3)7-9-16/h12,19H,4-11H2,1-3H3. The Kier molecular flexibility index (Phi) is 5.98. The number of hydrogen-bond acceptors (Lipinski definition) is 2. The maximum Gasteiger partial charge on any atom is 0.0863 e. The van der Waals surface area contributed by atoms with E-state index in [9.17, 15) is 0 Å². The molecule has 1 aliphatic carbocycles. The van der Waals surface area contributed by atoms with Crippen molar-refractivity contribution in [2.24, 2.45) is 5.92 Å². The third-order valence-corrected chi connectivity index (χ3v) is 5.76. The van der Waals surface area contributed by atoms with E-state index in [0.29, 0.717) is 5.88 Å². The molecule has 21 heavy (non-hydrogen) atoms. The van der Waals surface area contributed by atoms with Gasteiger partial charge in [0.15, 0.2) is 0 Å². The average molecular weight is 332 g/mol. The summed E-state index contributed by atoms with van der Waals surface area (Å²) >= 11 is 12.8. The van der Waals surface area contributed by atoms with Crippen LogP contribution in [-0.2, 0) is 19.5 Å². The maximum atomic E-state index is 6.48. The first-order valence-corrected chi connectivity index (χ1v) is 9.01. The number of rotatable bonds is 6. The van der Waals surface area contributed by atoms with Crippen molar-refractivity contribution >= 4 is 23.2 Å². The number of alkyl halides is 1. The van der Waals surface area contributed by atoms with E-state index in [1.807, 2.05) is 4.68 Å². The Balaban J connectivity index is 2.09. The van der Waals surface area contributed by atoms with Crippen LogP contribution in [0.1, 0.15) is 57.8 Å². The molecule has 3 nitrogen and oxygen atoms in total. The van der Waals surface area contributed by atoms with Gasteiger partial charge in [0, 0.05) is 24.5 Å². The Morgan fingerprint density at radius 2 is 2.00 bits per heavy atom. The van der Waals surface area contributed by atoms with E-state index < -0.39 is 0 Å². The normalized spacial score (nSPS) is 26.2. The van der Waals surface area contributed by atoms with Gasteiger partial charge in [0.25, 0.3) is 0 Å². The van der Waals surface area contributed by atoms with Crippen LogP contribution in [-0.4, -0.2) is 21.2 Å². The molecule has 1 N–H and O–H groups in total. The van der Waals surface area contributed by atoms with Gasteiger partial charge < -0.3 is 5.32 Å². The van der Waals surface area contributed by atoms with Gasteiger partial charge in [-0.2, -0.15) is 5.10 Å². The third-order valence-electron chi connectivity index (χ3n) is 4.81. The van der Waals surface area contributed by atoms with Gasteiger partial charge in [0.05, 0.1) is 16.4 Å². The fraction of sp³-hybridized carbons (Fsp3) is 0.812. The predicted molar refractivity (Wildman–Crippen MR) is 90.2 cm³/mol. The molecular formula is C16H27Cl2N3. The van der Waals surface area contributed by atoms with Gasteiger partial charge in [0.2, 0.25) is 0 Å². The van der Waals surface area contributed by atoms with Gasteiger partial charge in [-0.15, -0.1) is 11.6 Å². The van der Waals surface area contributed by atoms with Crippen molar-refractivity contribution in [3.63, 3.8) is 0 Å². The highest BCUT2D eigenvalue weighted by molar-refractivity contribution is 6.31. The summed E-state index contributed by atoms with van der Waals surface area (Å²) in [5, 5.41) is 9.10. The number of halogens is 2. The highest BCUT2D eigenvalue weighted by Crippen LogP contribution is 2.33. The van der Waals surface area contributed by atoms with Gasteiger partial charge in [-0.05, 0) is 44.9 Å². The molecule has 2 rings (SSSR count). The second-order valence-corrected chi connectivity index (χ2v) is 6.97. The van der Waals surface area contributed by atoms with Gasteiger partial charge in [-0.1, -0.05) is 25.4 Å². The van der Waals surface area contributed by atoms with E-state index in [1.165, 1.54) is 12.8 Å². The smallest absolute Gasteiger partial charge is 0.0863 e. The zero-order chi connectivity index (χ0) is 15.5. The summed E-state index contributed by atoms with van der Waals surface area (Å²) < 4.78 is 2.02. The van der Waals surface area contributed by atoms with Crippen LogP contribution >= 0.6 is 23.2 Å². The molecule has 0 aliphatic heterocycles. The topological polar surface area (TPSA) is 29.9 Å². The van der Waals surface area contributed by atoms with Gasteiger partial charge in [-0.3, -0.25) is 4.68 Å². The number of aromatic nitrogens is 2. The highest BCUT2D eigenvalue weighted by atomic mass is 35.5. The van der Waals surface area contributed by atoms with E-state index >= 15 is 0 Å². The molecule has 1 aromatic heterocycles. The Morgan fingerprint density at radius 1 is 1.33 bits per heavy atom. The zero-order valence-electron chi connectivity index (χ0n) is 13.4. The first kappa shape index (κ1) is 17.1. The van der Waals surface area contributed by atoms with Crippen LogP contribution in [0.3, 0.4) is 0 Å². The highest BCUT2D eigenvalue weighted by Gasteiger charge is 2.33. The van der Waals surface area contributed by atoms with Crippen LogP contribution in [0, 0.1) is 5.92 Å². The predicted octanol–water partition coefficient (Wildman–Crippen LogP) is 4.40. The molecule has 0 saturated heterocycles. The van der Waals surface area contributed by atoms with Crippen LogP contribution in [0.2, 0.25) is 5.02 Å². The van der Waals surface area contributed by atoms with Crippen molar-refractivity contribution in [3.05, 3.63) is 16.4 Å². The summed E-state index contributed by atoms with van der Waals surface area (Å²) in [7, 11) is 0. The molecule has 120 valence electrons. The van der Waals surface area contributed by atoms with Gasteiger partial charge in [0.1, 0.15) is 0 Å². The number of aryl methyl sites for hydroxylation is 2. The summed E-state index contributed by atoms with van der Waals surface area (Å²) in [6, 6.07) is 0. The van der Waals surface area contributed by atoms with E-state index in [2.05, 4.69) is 31.2 Å². The largest absolute Gasteiger partial charge is 0.304 e. The summed E-state index contributed by atoms with van der Waals surface area (Å²) in [6.07, 6.45) is 5.67. The van der Waals surface area contributed by atoms with E-state index in [4.69, 9.17) is 23.2 Å². The first-order valence-electron chi connectivity index (χ1n) is 8.10. The maximum absolute atomic E-state index is 6.48. The molecule has 0 amide bonds. The van der Waals surface area contributed by atoms with Gasteiger partial charge in [-0.25, -0.2) is 0 Å². The van der Waals surface area contributed by atoms with E-state index in [-0.39, 0.29) is 5.54 Å². The molecule has 0 atom stereocenters. The molecule has 0 unspecified atom stereocenters. The monoisotopic (exact) mass is 331 g/mol. The minimum absolute atomic E-state index is 0.0621. The fourth-order valence-corrected chi connectivity index (χ4v) is 3.83. The number of nitrogens with one attached hydrogen (secondary N) is 1. The third kappa shape index (κ3) is 3.75. The number of hydrogen-bond donors (Lipinski definition) is 1. The molecule has 1 aromatic rings. The Hall–Kier alpha value is -0.250. The lowest BCUT2D eigenvalue weighted by Gasteiger charge is -2.39. The lowest BCUT2D eigenvalue weighted by Crippen LogP contribution is -2.49. The first-order chi connectivity index (χ1) is 10.0. The molecule has 1 fully saturated rings. The van der Waals surface area contributed by atoms with E-state index in [0.717, 1.165) is 54.7 Å². The molecule has 0 aromatic carbocycles. The Bertz CT molecular complexity index is 462. The van der Waals surface area contributed by atoms with Crippen LogP contribution in [0.4, 0.5) is 0 Å². The van der Waals surface area contributed by atoms with Gasteiger partial charge >= 0.3 is 0 Å². The Labute approximate surface area is 138 Å². The summed E-state index contributed by atoms with van der Waals surface area (Å²) in [4.78, 5) is 0. The molecule has 0 spiro atoms. The average Bonchev–Trinajstić information content (AvgIpc) is 2.83. The molecule has 1 heterocycles. The summed E-state index contributed by atoms with van der Waals surface area (Å²) in [6.45, 7) is 8.12. The van der Waals surface area contributed by atoms with E-state index in [1.54, 1.807) is 0 Å². The van der Waals surface area contributed by atoms with Crippen LogP contribution < -0.4 is 5.32 Å². The lowest BCUT2D eigenvalue weighted by molar-refractivity contribution is 0.214. The lowest BCUT2D eigenvalue weighted by atomic mass is 9.78.